The number of carbonyl (C=O) groups is 3. The zero-order chi connectivity index (χ0) is 22.1. The summed E-state index contributed by atoms with van der Waals surface area (Å²) in [5.41, 5.74) is 2.24. The second-order valence-electron chi connectivity index (χ2n) is 7.04. The third-order valence-corrected chi connectivity index (χ3v) is 4.90. The minimum absolute atomic E-state index is 0.114. The van der Waals surface area contributed by atoms with Crippen molar-refractivity contribution in [2.75, 3.05) is 32.2 Å². The van der Waals surface area contributed by atoms with E-state index in [9.17, 15) is 14.4 Å². The highest BCUT2D eigenvalue weighted by molar-refractivity contribution is 5.95. The minimum atomic E-state index is -0.677. The number of hydrogen-bond donors (Lipinski definition) is 2. The van der Waals surface area contributed by atoms with Gasteiger partial charge in [0.15, 0.2) is 0 Å². The van der Waals surface area contributed by atoms with E-state index in [0.29, 0.717) is 35.5 Å². The summed E-state index contributed by atoms with van der Waals surface area (Å²) in [6.45, 7) is 6.49. The number of carbonyl (C=O) groups excluding carboxylic acids is 3. The molecule has 30 heavy (non-hydrogen) atoms. The van der Waals surface area contributed by atoms with Crippen LogP contribution in [0.25, 0.3) is 0 Å². The predicted octanol–water partition coefficient (Wildman–Crippen LogP) is 3.37. The molecule has 0 spiro atoms. The fraction of sp³-hybridized carbons (Fsp3) is 0.500. The standard InChI is InChI=1S/C22H31N3O5/c1-5-7-11-25-15(3)19(21(27)30-13-12-29-4)20(24-22(25)28)16-9-8-10-17(14-16)23-18(26)6-2/h8-10,14,20H,5-7,11-13H2,1-4H3,(H,23,26)(H,24,28)/t20-/m0/s1. The average Bonchev–Trinajstić information content (AvgIpc) is 2.73. The van der Waals surface area contributed by atoms with E-state index in [0.717, 1.165) is 12.8 Å². The van der Waals surface area contributed by atoms with Gasteiger partial charge in [-0.05, 0) is 31.0 Å². The van der Waals surface area contributed by atoms with Gasteiger partial charge in [-0.3, -0.25) is 9.69 Å². The SMILES string of the molecule is CCCCN1C(=O)N[C@@H](c2cccc(NC(=O)CC)c2)C(C(=O)OCCOC)=C1C. The molecular weight excluding hydrogens is 386 g/mol. The number of hydrogen-bond acceptors (Lipinski definition) is 5. The van der Waals surface area contributed by atoms with Gasteiger partial charge < -0.3 is 20.1 Å². The van der Waals surface area contributed by atoms with Gasteiger partial charge in [0.1, 0.15) is 6.61 Å². The zero-order valence-electron chi connectivity index (χ0n) is 18.1. The molecule has 0 radical (unpaired) electrons. The Kier molecular flexibility index (Phi) is 8.86. The third-order valence-electron chi connectivity index (χ3n) is 4.90. The van der Waals surface area contributed by atoms with Crippen LogP contribution in [0, 0.1) is 0 Å². The first-order valence-electron chi connectivity index (χ1n) is 10.3. The summed E-state index contributed by atoms with van der Waals surface area (Å²) < 4.78 is 10.3. The van der Waals surface area contributed by atoms with E-state index in [1.54, 1.807) is 36.9 Å². The Hall–Kier alpha value is -2.87. The van der Waals surface area contributed by atoms with Crippen molar-refractivity contribution < 1.29 is 23.9 Å². The second kappa shape index (κ2) is 11.3. The Morgan fingerprint density at radius 3 is 2.67 bits per heavy atom. The van der Waals surface area contributed by atoms with Gasteiger partial charge in [0.2, 0.25) is 5.91 Å². The molecule has 1 heterocycles. The lowest BCUT2D eigenvalue weighted by atomic mass is 9.94. The maximum absolute atomic E-state index is 12.9. The Balaban J connectivity index is 2.41. The average molecular weight is 418 g/mol. The smallest absolute Gasteiger partial charge is 0.338 e. The lowest BCUT2D eigenvalue weighted by Gasteiger charge is -2.35. The summed E-state index contributed by atoms with van der Waals surface area (Å²) >= 11 is 0. The Labute approximate surface area is 177 Å². The Morgan fingerprint density at radius 2 is 2.00 bits per heavy atom. The van der Waals surface area contributed by atoms with Crippen molar-refractivity contribution in [3.8, 4) is 0 Å². The van der Waals surface area contributed by atoms with E-state index >= 15 is 0 Å². The summed E-state index contributed by atoms with van der Waals surface area (Å²) in [5.74, 6) is -0.615. The Bertz CT molecular complexity index is 806. The van der Waals surface area contributed by atoms with Crippen molar-refractivity contribution in [3.05, 3.63) is 41.1 Å². The molecule has 1 aromatic carbocycles. The molecule has 1 atom stereocenters. The second-order valence-corrected chi connectivity index (χ2v) is 7.04. The van der Waals surface area contributed by atoms with E-state index < -0.39 is 12.0 Å². The van der Waals surface area contributed by atoms with Crippen LogP contribution in [-0.2, 0) is 19.1 Å². The van der Waals surface area contributed by atoms with Crippen molar-refractivity contribution in [1.29, 1.82) is 0 Å². The van der Waals surface area contributed by atoms with Crippen molar-refractivity contribution >= 4 is 23.6 Å². The van der Waals surface area contributed by atoms with Crippen molar-refractivity contribution in [2.24, 2.45) is 0 Å². The van der Waals surface area contributed by atoms with E-state index in [4.69, 9.17) is 9.47 Å². The highest BCUT2D eigenvalue weighted by Gasteiger charge is 2.36. The van der Waals surface area contributed by atoms with Gasteiger partial charge in [-0.15, -0.1) is 0 Å². The molecule has 0 aliphatic carbocycles. The van der Waals surface area contributed by atoms with Gasteiger partial charge in [0.05, 0.1) is 18.2 Å². The molecular formula is C22H31N3O5. The van der Waals surface area contributed by atoms with Crippen LogP contribution in [0.15, 0.2) is 35.5 Å². The quantitative estimate of drug-likeness (QED) is 0.449. The monoisotopic (exact) mass is 417 g/mol. The van der Waals surface area contributed by atoms with Gasteiger partial charge >= 0.3 is 12.0 Å². The normalized spacial score (nSPS) is 16.3. The number of nitrogens with one attached hydrogen (secondary N) is 2. The van der Waals surface area contributed by atoms with Crippen LogP contribution in [0.4, 0.5) is 10.5 Å². The zero-order valence-corrected chi connectivity index (χ0v) is 18.1. The van der Waals surface area contributed by atoms with Crippen LogP contribution in [0.2, 0.25) is 0 Å². The summed E-state index contributed by atoms with van der Waals surface area (Å²) in [7, 11) is 1.53. The molecule has 8 nitrogen and oxygen atoms in total. The lowest BCUT2D eigenvalue weighted by molar-refractivity contribution is -0.141. The molecule has 0 fully saturated rings. The molecule has 0 saturated carbocycles. The van der Waals surface area contributed by atoms with Crippen molar-refractivity contribution in [3.63, 3.8) is 0 Å². The number of unbranched alkanes of at least 4 members (excludes halogenated alkanes) is 1. The van der Waals surface area contributed by atoms with E-state index in [1.165, 1.54) is 7.11 Å². The molecule has 1 aliphatic heterocycles. The maximum atomic E-state index is 12.9. The number of esters is 1. The number of ether oxygens (including phenoxy) is 2. The summed E-state index contributed by atoms with van der Waals surface area (Å²) in [5, 5.41) is 5.73. The summed E-state index contributed by atoms with van der Waals surface area (Å²) in [6, 6.07) is 6.17. The first-order chi connectivity index (χ1) is 14.4. The van der Waals surface area contributed by atoms with Gasteiger partial charge in [-0.1, -0.05) is 32.4 Å². The molecule has 0 aromatic heterocycles. The molecule has 2 N–H and O–H groups in total. The fourth-order valence-corrected chi connectivity index (χ4v) is 3.22. The van der Waals surface area contributed by atoms with Crippen LogP contribution in [0.1, 0.15) is 51.6 Å². The summed E-state index contributed by atoms with van der Waals surface area (Å²) in [6.07, 6.45) is 2.10. The number of urea groups is 1. The van der Waals surface area contributed by atoms with Crippen LogP contribution in [0.3, 0.4) is 0 Å². The number of allylic oxidation sites excluding steroid dienone is 1. The lowest BCUT2D eigenvalue weighted by Crippen LogP contribution is -2.48. The fourth-order valence-electron chi connectivity index (χ4n) is 3.22. The molecule has 3 amide bonds. The number of methoxy groups -OCH3 is 1. The first-order valence-corrected chi connectivity index (χ1v) is 10.3. The van der Waals surface area contributed by atoms with Crippen LogP contribution in [0.5, 0.6) is 0 Å². The highest BCUT2D eigenvalue weighted by atomic mass is 16.6. The van der Waals surface area contributed by atoms with Crippen molar-refractivity contribution in [1.82, 2.24) is 10.2 Å². The van der Waals surface area contributed by atoms with Gasteiger partial charge in [-0.25, -0.2) is 9.59 Å². The third kappa shape index (κ3) is 5.82. The van der Waals surface area contributed by atoms with Gasteiger partial charge in [-0.2, -0.15) is 0 Å². The molecule has 0 unspecified atom stereocenters. The molecule has 0 saturated heterocycles. The van der Waals surface area contributed by atoms with Gasteiger partial charge in [0, 0.05) is 31.5 Å². The number of benzene rings is 1. The molecule has 1 aromatic rings. The molecule has 0 bridgehead atoms. The van der Waals surface area contributed by atoms with E-state index in [-0.39, 0.29) is 25.2 Å². The highest BCUT2D eigenvalue weighted by Crippen LogP contribution is 2.32. The summed E-state index contributed by atoms with van der Waals surface area (Å²) in [4.78, 5) is 39.0. The minimum Gasteiger partial charge on any atom is -0.460 e. The predicted molar refractivity (Wildman–Crippen MR) is 114 cm³/mol. The van der Waals surface area contributed by atoms with Crippen LogP contribution < -0.4 is 10.6 Å². The largest absolute Gasteiger partial charge is 0.460 e. The maximum Gasteiger partial charge on any atom is 0.338 e. The van der Waals surface area contributed by atoms with Crippen LogP contribution in [-0.4, -0.2) is 49.7 Å². The van der Waals surface area contributed by atoms with Crippen molar-refractivity contribution in [2.45, 2.75) is 46.1 Å². The topological polar surface area (TPSA) is 97.0 Å². The molecule has 164 valence electrons. The molecule has 8 heteroatoms. The first kappa shape index (κ1) is 23.4. The molecule has 2 rings (SSSR count). The number of rotatable bonds is 10. The van der Waals surface area contributed by atoms with Gasteiger partial charge in [0.25, 0.3) is 0 Å². The van der Waals surface area contributed by atoms with E-state index in [2.05, 4.69) is 10.6 Å². The number of amides is 3. The molecule has 1 aliphatic rings. The van der Waals surface area contributed by atoms with Crippen LogP contribution >= 0.6 is 0 Å². The number of anilines is 1. The number of nitrogens with zero attached hydrogens (tertiary/aromatic N) is 1. The Morgan fingerprint density at radius 1 is 1.23 bits per heavy atom. The van der Waals surface area contributed by atoms with E-state index in [1.807, 2.05) is 13.0 Å².